The van der Waals surface area contributed by atoms with Crippen molar-refractivity contribution >= 4 is 27.6 Å². The molecule has 0 aromatic heterocycles. The van der Waals surface area contributed by atoms with Crippen LogP contribution in [-0.4, -0.2) is 6.03 Å². The molecule has 0 fully saturated rings. The fraction of sp³-hybridized carbons (Fsp3) is 0.0714. The van der Waals surface area contributed by atoms with Crippen molar-refractivity contribution in [1.29, 1.82) is 0 Å². The Morgan fingerprint density at radius 1 is 1.16 bits per heavy atom. The molecule has 5 heteroatoms. The Kier molecular flexibility index (Phi) is 4.52. The van der Waals surface area contributed by atoms with Gasteiger partial charge in [0.1, 0.15) is 5.82 Å². The van der Waals surface area contributed by atoms with Gasteiger partial charge in [0.05, 0.1) is 5.69 Å². The highest BCUT2D eigenvalue weighted by Crippen LogP contribution is 2.19. The summed E-state index contributed by atoms with van der Waals surface area (Å²) in [7, 11) is 0. The molecule has 2 aromatic carbocycles. The van der Waals surface area contributed by atoms with E-state index in [0.717, 1.165) is 5.56 Å². The molecule has 0 spiro atoms. The van der Waals surface area contributed by atoms with Gasteiger partial charge in [-0.25, -0.2) is 9.18 Å². The van der Waals surface area contributed by atoms with Gasteiger partial charge in [0.2, 0.25) is 0 Å². The first-order valence-corrected chi connectivity index (χ1v) is 6.48. The summed E-state index contributed by atoms with van der Waals surface area (Å²) in [5.74, 6) is -0.482. The van der Waals surface area contributed by atoms with E-state index in [1.54, 1.807) is 6.07 Å². The molecular formula is C14H12BrFN2O. The Morgan fingerprint density at radius 2 is 1.89 bits per heavy atom. The fourth-order valence-electron chi connectivity index (χ4n) is 1.54. The van der Waals surface area contributed by atoms with Crippen molar-refractivity contribution in [3.63, 3.8) is 0 Å². The van der Waals surface area contributed by atoms with E-state index in [2.05, 4.69) is 26.6 Å². The van der Waals surface area contributed by atoms with Crippen molar-refractivity contribution in [1.82, 2.24) is 5.32 Å². The number of hydrogen-bond donors (Lipinski definition) is 2. The van der Waals surface area contributed by atoms with Gasteiger partial charge in [0, 0.05) is 11.0 Å². The predicted octanol–water partition coefficient (Wildman–Crippen LogP) is 3.91. The van der Waals surface area contributed by atoms with Gasteiger partial charge in [-0.1, -0.05) is 46.3 Å². The van der Waals surface area contributed by atoms with Crippen molar-refractivity contribution < 1.29 is 9.18 Å². The zero-order valence-corrected chi connectivity index (χ0v) is 11.6. The molecule has 19 heavy (non-hydrogen) atoms. The number of urea groups is 1. The smallest absolute Gasteiger partial charge is 0.319 e. The maximum Gasteiger partial charge on any atom is 0.319 e. The van der Waals surface area contributed by atoms with E-state index < -0.39 is 11.8 Å². The lowest BCUT2D eigenvalue weighted by atomic mass is 10.2. The predicted molar refractivity (Wildman–Crippen MR) is 76.4 cm³/mol. The third kappa shape index (κ3) is 4.06. The monoisotopic (exact) mass is 322 g/mol. The molecule has 0 aliphatic carbocycles. The summed E-state index contributed by atoms with van der Waals surface area (Å²) < 4.78 is 14.1. The van der Waals surface area contributed by atoms with Crippen LogP contribution in [0.25, 0.3) is 0 Å². The third-order valence-electron chi connectivity index (χ3n) is 2.48. The molecule has 0 unspecified atom stereocenters. The number of halogens is 2. The lowest BCUT2D eigenvalue weighted by Crippen LogP contribution is -2.28. The highest BCUT2D eigenvalue weighted by Gasteiger charge is 2.06. The normalized spacial score (nSPS) is 10.0. The third-order valence-corrected chi connectivity index (χ3v) is 2.97. The SMILES string of the molecule is O=C(NCc1ccccc1)Nc1ccc(Br)cc1F. The number of carbonyl (C=O) groups excluding carboxylic acids is 1. The van der Waals surface area contributed by atoms with Gasteiger partial charge in [0.25, 0.3) is 0 Å². The molecule has 0 bridgehead atoms. The molecular weight excluding hydrogens is 311 g/mol. The molecule has 3 nitrogen and oxygen atoms in total. The molecule has 0 aliphatic heterocycles. The van der Waals surface area contributed by atoms with Gasteiger partial charge in [-0.15, -0.1) is 0 Å². The van der Waals surface area contributed by atoms with Crippen LogP contribution in [0.5, 0.6) is 0 Å². The largest absolute Gasteiger partial charge is 0.334 e. The Morgan fingerprint density at radius 3 is 2.58 bits per heavy atom. The number of carbonyl (C=O) groups is 1. The van der Waals surface area contributed by atoms with Crippen LogP contribution in [0.3, 0.4) is 0 Å². The number of rotatable bonds is 3. The highest BCUT2D eigenvalue weighted by molar-refractivity contribution is 9.10. The van der Waals surface area contributed by atoms with Crippen molar-refractivity contribution in [3.8, 4) is 0 Å². The minimum atomic E-state index is -0.482. The topological polar surface area (TPSA) is 41.1 Å². The van der Waals surface area contributed by atoms with Crippen LogP contribution in [0.1, 0.15) is 5.56 Å². The van der Waals surface area contributed by atoms with E-state index in [1.807, 2.05) is 30.3 Å². The summed E-state index contributed by atoms with van der Waals surface area (Å²) in [6.07, 6.45) is 0. The average molecular weight is 323 g/mol. The van der Waals surface area contributed by atoms with E-state index in [1.165, 1.54) is 12.1 Å². The van der Waals surface area contributed by atoms with Gasteiger partial charge < -0.3 is 10.6 Å². The van der Waals surface area contributed by atoms with Crippen LogP contribution in [-0.2, 0) is 6.54 Å². The van der Waals surface area contributed by atoms with Crippen LogP contribution in [0.15, 0.2) is 53.0 Å². The summed E-state index contributed by atoms with van der Waals surface area (Å²) >= 11 is 3.16. The molecule has 0 heterocycles. The van der Waals surface area contributed by atoms with Gasteiger partial charge in [-0.3, -0.25) is 0 Å². The number of nitrogens with one attached hydrogen (secondary N) is 2. The van der Waals surface area contributed by atoms with Gasteiger partial charge in [-0.2, -0.15) is 0 Å². The second-order valence-corrected chi connectivity index (χ2v) is 4.83. The summed E-state index contributed by atoms with van der Waals surface area (Å²) in [4.78, 5) is 11.6. The van der Waals surface area contributed by atoms with E-state index in [0.29, 0.717) is 11.0 Å². The maximum absolute atomic E-state index is 13.5. The molecule has 0 saturated heterocycles. The number of benzene rings is 2. The van der Waals surface area contributed by atoms with Crippen molar-refractivity contribution in [2.24, 2.45) is 0 Å². The molecule has 0 radical (unpaired) electrons. The highest BCUT2D eigenvalue weighted by atomic mass is 79.9. The molecule has 0 saturated carbocycles. The molecule has 0 atom stereocenters. The number of amides is 2. The second kappa shape index (κ2) is 6.33. The quantitative estimate of drug-likeness (QED) is 0.883. The molecule has 2 amide bonds. The number of anilines is 1. The first-order valence-electron chi connectivity index (χ1n) is 5.69. The Bertz CT molecular complexity index is 575. The minimum Gasteiger partial charge on any atom is -0.334 e. The molecule has 2 N–H and O–H groups in total. The summed E-state index contributed by atoms with van der Waals surface area (Å²) in [6.45, 7) is 0.394. The first-order chi connectivity index (χ1) is 9.15. The first kappa shape index (κ1) is 13.5. The maximum atomic E-state index is 13.5. The van der Waals surface area contributed by atoms with Crippen molar-refractivity contribution in [2.45, 2.75) is 6.54 Å². The zero-order chi connectivity index (χ0) is 13.7. The molecule has 0 aliphatic rings. The summed E-state index contributed by atoms with van der Waals surface area (Å²) in [5, 5.41) is 5.12. The van der Waals surface area contributed by atoms with E-state index in [4.69, 9.17) is 0 Å². The van der Waals surface area contributed by atoms with Crippen LogP contribution in [0.4, 0.5) is 14.9 Å². The van der Waals surface area contributed by atoms with Crippen LogP contribution in [0.2, 0.25) is 0 Å². The van der Waals surface area contributed by atoms with Gasteiger partial charge >= 0.3 is 6.03 Å². The zero-order valence-electron chi connectivity index (χ0n) is 9.99. The van der Waals surface area contributed by atoms with Gasteiger partial charge in [-0.05, 0) is 23.8 Å². The molecule has 98 valence electrons. The second-order valence-electron chi connectivity index (χ2n) is 3.92. The van der Waals surface area contributed by atoms with Crippen molar-refractivity contribution in [2.75, 3.05) is 5.32 Å². The lowest BCUT2D eigenvalue weighted by Gasteiger charge is -2.08. The Labute approximate surface area is 119 Å². The van der Waals surface area contributed by atoms with E-state index in [9.17, 15) is 9.18 Å². The summed E-state index contributed by atoms with van der Waals surface area (Å²) in [6, 6.07) is 13.5. The average Bonchev–Trinajstić information content (AvgIpc) is 2.41. The fourth-order valence-corrected chi connectivity index (χ4v) is 1.87. The minimum absolute atomic E-state index is 0.147. The van der Waals surface area contributed by atoms with Gasteiger partial charge in [0.15, 0.2) is 0 Å². The van der Waals surface area contributed by atoms with Crippen LogP contribution in [0, 0.1) is 5.82 Å². The number of hydrogen-bond acceptors (Lipinski definition) is 1. The van der Waals surface area contributed by atoms with E-state index >= 15 is 0 Å². The van der Waals surface area contributed by atoms with Crippen molar-refractivity contribution in [3.05, 3.63) is 64.4 Å². The lowest BCUT2D eigenvalue weighted by molar-refractivity contribution is 0.251. The standard InChI is InChI=1S/C14H12BrFN2O/c15-11-6-7-13(12(16)8-11)18-14(19)17-9-10-4-2-1-3-5-10/h1-8H,9H2,(H2,17,18,19). The van der Waals surface area contributed by atoms with Crippen LogP contribution >= 0.6 is 15.9 Å². The summed E-state index contributed by atoms with van der Waals surface area (Å²) in [5.41, 5.74) is 1.13. The Hall–Kier alpha value is -1.88. The van der Waals surface area contributed by atoms with Crippen LogP contribution < -0.4 is 10.6 Å². The molecule has 2 rings (SSSR count). The Balaban J connectivity index is 1.91. The van der Waals surface area contributed by atoms with E-state index in [-0.39, 0.29) is 5.69 Å². The molecule has 2 aromatic rings.